The van der Waals surface area contributed by atoms with Crippen LogP contribution in [-0.2, 0) is 14.3 Å². The number of esters is 1. The number of carbonyl (C=O) groups is 2. The zero-order valence-electron chi connectivity index (χ0n) is 12.4. The van der Waals surface area contributed by atoms with E-state index in [0.29, 0.717) is 25.7 Å². The fourth-order valence-electron chi connectivity index (χ4n) is 1.65. The molecule has 0 aliphatic rings. The van der Waals surface area contributed by atoms with Crippen molar-refractivity contribution in [3.8, 4) is 0 Å². The molecule has 0 aromatic rings. The van der Waals surface area contributed by atoms with Crippen molar-refractivity contribution in [2.45, 2.75) is 53.4 Å². The highest BCUT2D eigenvalue weighted by molar-refractivity contribution is 5.76. The topological polar surface area (TPSA) is 83.8 Å². The summed E-state index contributed by atoms with van der Waals surface area (Å²) in [6, 6.07) is 0. The van der Waals surface area contributed by atoms with Gasteiger partial charge in [0.1, 0.15) is 0 Å². The molecule has 5 heteroatoms. The van der Waals surface area contributed by atoms with Crippen LogP contribution < -0.4 is 0 Å². The van der Waals surface area contributed by atoms with Gasteiger partial charge < -0.3 is 14.9 Å². The molecule has 0 fully saturated rings. The van der Waals surface area contributed by atoms with Crippen molar-refractivity contribution in [3.05, 3.63) is 0 Å². The SMILES string of the molecule is CCC(C)(CCOC(=O)C(C)(CC)CCO)C(=O)O. The normalized spacial score (nSPS) is 17.3. The molecule has 5 nitrogen and oxygen atoms in total. The van der Waals surface area contributed by atoms with Crippen LogP contribution in [0.15, 0.2) is 0 Å². The summed E-state index contributed by atoms with van der Waals surface area (Å²) in [5.74, 6) is -1.24. The van der Waals surface area contributed by atoms with Gasteiger partial charge in [-0.1, -0.05) is 13.8 Å². The van der Waals surface area contributed by atoms with Crippen molar-refractivity contribution in [1.29, 1.82) is 0 Å². The van der Waals surface area contributed by atoms with Gasteiger partial charge in [-0.05, 0) is 39.5 Å². The van der Waals surface area contributed by atoms with Crippen LogP contribution in [0.4, 0.5) is 0 Å². The van der Waals surface area contributed by atoms with E-state index in [0.717, 1.165) is 0 Å². The van der Waals surface area contributed by atoms with E-state index in [1.807, 2.05) is 6.92 Å². The number of hydrogen-bond donors (Lipinski definition) is 2. The molecule has 0 saturated heterocycles. The lowest BCUT2D eigenvalue weighted by Crippen LogP contribution is -2.33. The molecule has 2 N–H and O–H groups in total. The van der Waals surface area contributed by atoms with Crippen LogP contribution in [0.2, 0.25) is 0 Å². The average molecular weight is 274 g/mol. The zero-order valence-corrected chi connectivity index (χ0v) is 12.4. The van der Waals surface area contributed by atoms with Crippen molar-refractivity contribution in [2.75, 3.05) is 13.2 Å². The third-order valence-electron chi connectivity index (χ3n) is 4.12. The van der Waals surface area contributed by atoms with Crippen molar-refractivity contribution in [2.24, 2.45) is 10.8 Å². The number of carboxylic acid groups (broad SMARTS) is 1. The molecule has 0 aromatic heterocycles. The molecule has 0 bridgehead atoms. The zero-order chi connectivity index (χ0) is 15.1. The first kappa shape index (κ1) is 17.9. The molecule has 0 radical (unpaired) electrons. The summed E-state index contributed by atoms with van der Waals surface area (Å²) in [5, 5.41) is 18.1. The number of aliphatic hydroxyl groups is 1. The van der Waals surface area contributed by atoms with Crippen LogP contribution in [0.5, 0.6) is 0 Å². The second-order valence-electron chi connectivity index (χ2n) is 5.49. The molecule has 0 aromatic carbocycles. The van der Waals surface area contributed by atoms with Gasteiger partial charge in [-0.2, -0.15) is 0 Å². The summed E-state index contributed by atoms with van der Waals surface area (Å²) in [7, 11) is 0. The Hall–Kier alpha value is -1.10. The van der Waals surface area contributed by atoms with Gasteiger partial charge in [-0.25, -0.2) is 0 Å². The average Bonchev–Trinajstić information content (AvgIpc) is 2.38. The van der Waals surface area contributed by atoms with Crippen LogP contribution in [0.3, 0.4) is 0 Å². The van der Waals surface area contributed by atoms with Crippen LogP contribution in [0.1, 0.15) is 53.4 Å². The molecule has 19 heavy (non-hydrogen) atoms. The van der Waals surface area contributed by atoms with E-state index in [4.69, 9.17) is 14.9 Å². The van der Waals surface area contributed by atoms with Crippen LogP contribution >= 0.6 is 0 Å². The summed E-state index contributed by atoms with van der Waals surface area (Å²) in [6.45, 7) is 7.09. The highest BCUT2D eigenvalue weighted by atomic mass is 16.5. The van der Waals surface area contributed by atoms with Gasteiger partial charge in [0.2, 0.25) is 0 Å². The van der Waals surface area contributed by atoms with Crippen molar-refractivity contribution in [3.63, 3.8) is 0 Å². The van der Waals surface area contributed by atoms with Crippen molar-refractivity contribution >= 4 is 11.9 Å². The molecule has 0 saturated carbocycles. The van der Waals surface area contributed by atoms with Gasteiger partial charge in [0.25, 0.3) is 0 Å². The molecule has 0 rings (SSSR count). The Morgan fingerprint density at radius 2 is 1.58 bits per heavy atom. The van der Waals surface area contributed by atoms with Gasteiger partial charge in [0.15, 0.2) is 0 Å². The highest BCUT2D eigenvalue weighted by Crippen LogP contribution is 2.29. The summed E-state index contributed by atoms with van der Waals surface area (Å²) in [4.78, 5) is 23.1. The van der Waals surface area contributed by atoms with Crippen molar-refractivity contribution < 1.29 is 24.5 Å². The van der Waals surface area contributed by atoms with E-state index in [9.17, 15) is 9.59 Å². The number of aliphatic carboxylic acids is 1. The lowest BCUT2D eigenvalue weighted by atomic mass is 9.83. The van der Waals surface area contributed by atoms with Crippen LogP contribution in [0.25, 0.3) is 0 Å². The quantitative estimate of drug-likeness (QED) is 0.630. The number of hydrogen-bond acceptors (Lipinski definition) is 4. The van der Waals surface area contributed by atoms with Gasteiger partial charge in [0.05, 0.1) is 17.4 Å². The summed E-state index contributed by atoms with van der Waals surface area (Å²) >= 11 is 0. The largest absolute Gasteiger partial charge is 0.481 e. The maximum Gasteiger partial charge on any atom is 0.311 e. The Labute approximate surface area is 115 Å². The number of carbonyl (C=O) groups excluding carboxylic acids is 1. The second kappa shape index (κ2) is 7.48. The Morgan fingerprint density at radius 3 is 1.95 bits per heavy atom. The predicted molar refractivity (Wildman–Crippen MR) is 71.7 cm³/mol. The fourth-order valence-corrected chi connectivity index (χ4v) is 1.65. The smallest absolute Gasteiger partial charge is 0.311 e. The predicted octanol–water partition coefficient (Wildman–Crippen LogP) is 2.22. The molecular weight excluding hydrogens is 248 g/mol. The minimum atomic E-state index is -0.875. The van der Waals surface area contributed by atoms with E-state index in [1.165, 1.54) is 0 Å². The molecule has 0 spiro atoms. The lowest BCUT2D eigenvalue weighted by molar-refractivity contribution is -0.160. The van der Waals surface area contributed by atoms with E-state index in [-0.39, 0.29) is 19.2 Å². The minimum absolute atomic E-state index is 0.0682. The lowest BCUT2D eigenvalue weighted by Gasteiger charge is -2.27. The van der Waals surface area contributed by atoms with E-state index < -0.39 is 16.8 Å². The van der Waals surface area contributed by atoms with Crippen LogP contribution in [-0.4, -0.2) is 35.4 Å². The van der Waals surface area contributed by atoms with E-state index in [1.54, 1.807) is 20.8 Å². The number of rotatable bonds is 9. The first-order chi connectivity index (χ1) is 8.75. The Bertz CT molecular complexity index is 315. The first-order valence-electron chi connectivity index (χ1n) is 6.77. The molecule has 0 aliphatic carbocycles. The standard InChI is InChI=1S/C14H26O5/c1-5-13(3,11(16)17)8-10-19-12(18)14(4,6-2)7-9-15/h15H,5-10H2,1-4H3,(H,16,17). The summed E-state index contributed by atoms with van der Waals surface area (Å²) < 4.78 is 5.18. The molecule has 0 aliphatic heterocycles. The maximum atomic E-state index is 11.9. The number of ether oxygens (including phenoxy) is 1. The van der Waals surface area contributed by atoms with Crippen molar-refractivity contribution in [1.82, 2.24) is 0 Å². The molecule has 0 amide bonds. The molecule has 2 unspecified atom stereocenters. The Morgan fingerprint density at radius 1 is 1.05 bits per heavy atom. The van der Waals surface area contributed by atoms with Gasteiger partial charge in [-0.15, -0.1) is 0 Å². The summed E-state index contributed by atoms with van der Waals surface area (Å²) in [6.07, 6.45) is 1.72. The van der Waals surface area contributed by atoms with Crippen LogP contribution in [0, 0.1) is 10.8 Å². The molecule has 2 atom stereocenters. The molecular formula is C14H26O5. The Kier molecular flexibility index (Phi) is 7.05. The minimum Gasteiger partial charge on any atom is -0.481 e. The fraction of sp³-hybridized carbons (Fsp3) is 0.857. The second-order valence-corrected chi connectivity index (χ2v) is 5.49. The van der Waals surface area contributed by atoms with Gasteiger partial charge in [0, 0.05) is 6.61 Å². The van der Waals surface area contributed by atoms with Gasteiger partial charge in [-0.3, -0.25) is 9.59 Å². The molecule has 0 heterocycles. The van der Waals surface area contributed by atoms with E-state index in [2.05, 4.69) is 0 Å². The maximum absolute atomic E-state index is 11.9. The number of carboxylic acids is 1. The monoisotopic (exact) mass is 274 g/mol. The third kappa shape index (κ3) is 4.82. The van der Waals surface area contributed by atoms with Gasteiger partial charge >= 0.3 is 11.9 Å². The number of aliphatic hydroxyl groups excluding tert-OH is 1. The molecule has 112 valence electrons. The summed E-state index contributed by atoms with van der Waals surface area (Å²) in [5.41, 5.74) is -1.56. The van der Waals surface area contributed by atoms with E-state index >= 15 is 0 Å². The third-order valence-corrected chi connectivity index (χ3v) is 4.12. The first-order valence-corrected chi connectivity index (χ1v) is 6.77. The highest BCUT2D eigenvalue weighted by Gasteiger charge is 2.34. The Balaban J connectivity index is 4.41.